The Labute approximate surface area is 111 Å². The predicted molar refractivity (Wildman–Crippen MR) is 73.5 cm³/mol. The second kappa shape index (κ2) is 5.06. The zero-order valence-corrected chi connectivity index (χ0v) is 11.1. The number of benzene rings is 1. The zero-order valence-electron chi connectivity index (χ0n) is 11.1. The second-order valence-corrected chi connectivity index (χ2v) is 4.50. The number of anilines is 1. The smallest absolute Gasteiger partial charge is 0.341 e. The molecule has 0 saturated carbocycles. The van der Waals surface area contributed by atoms with Crippen molar-refractivity contribution in [2.45, 2.75) is 6.92 Å². The van der Waals surface area contributed by atoms with Gasteiger partial charge in [0.15, 0.2) is 5.82 Å². The van der Waals surface area contributed by atoms with Crippen LogP contribution in [0.1, 0.15) is 15.9 Å². The van der Waals surface area contributed by atoms with Crippen LogP contribution in [0.3, 0.4) is 0 Å². The summed E-state index contributed by atoms with van der Waals surface area (Å²) in [5.74, 6) is -0.106. The fourth-order valence-electron chi connectivity index (χ4n) is 1.71. The lowest BCUT2D eigenvalue weighted by Gasteiger charge is -2.14. The van der Waals surface area contributed by atoms with E-state index in [2.05, 4.69) is 9.97 Å². The molecule has 2 aromatic rings. The van der Waals surface area contributed by atoms with Crippen LogP contribution in [-0.4, -0.2) is 35.1 Å². The van der Waals surface area contributed by atoms with Gasteiger partial charge in [-0.05, 0) is 6.92 Å². The van der Waals surface area contributed by atoms with Gasteiger partial charge in [0.2, 0.25) is 0 Å². The van der Waals surface area contributed by atoms with Crippen molar-refractivity contribution in [3.05, 3.63) is 41.6 Å². The van der Waals surface area contributed by atoms with Crippen LogP contribution in [0.5, 0.6) is 0 Å². The first-order valence-electron chi connectivity index (χ1n) is 5.83. The normalized spacial score (nSPS) is 10.3. The molecule has 0 aliphatic carbocycles. The van der Waals surface area contributed by atoms with Crippen LogP contribution in [0.25, 0.3) is 11.4 Å². The Hall–Kier alpha value is -2.43. The number of rotatable bonds is 3. The Balaban J connectivity index is 2.52. The summed E-state index contributed by atoms with van der Waals surface area (Å²) in [6.07, 6.45) is 1.35. The Morgan fingerprint density at radius 2 is 1.84 bits per heavy atom. The summed E-state index contributed by atoms with van der Waals surface area (Å²) in [7, 11) is 3.52. The van der Waals surface area contributed by atoms with E-state index in [1.54, 1.807) is 19.0 Å². The lowest BCUT2D eigenvalue weighted by Crippen LogP contribution is -2.16. The minimum Gasteiger partial charge on any atom is -0.477 e. The molecular weight excluding hydrogens is 242 g/mol. The van der Waals surface area contributed by atoms with Crippen molar-refractivity contribution >= 4 is 11.8 Å². The summed E-state index contributed by atoms with van der Waals surface area (Å²) in [6.45, 7) is 2.00. The minimum absolute atomic E-state index is 0.0980. The van der Waals surface area contributed by atoms with Crippen LogP contribution < -0.4 is 4.90 Å². The number of aryl methyl sites for hydroxylation is 1. The molecule has 1 aromatic carbocycles. The molecular formula is C14H15N3O2. The Morgan fingerprint density at radius 1 is 1.21 bits per heavy atom. The highest BCUT2D eigenvalue weighted by atomic mass is 16.4. The van der Waals surface area contributed by atoms with Crippen molar-refractivity contribution < 1.29 is 9.90 Å². The van der Waals surface area contributed by atoms with Crippen LogP contribution in [-0.2, 0) is 0 Å². The second-order valence-electron chi connectivity index (χ2n) is 4.50. The van der Waals surface area contributed by atoms with E-state index in [0.717, 1.165) is 11.1 Å². The molecule has 0 spiro atoms. The van der Waals surface area contributed by atoms with Crippen LogP contribution in [0.15, 0.2) is 30.5 Å². The number of carboxylic acid groups (broad SMARTS) is 1. The van der Waals surface area contributed by atoms with E-state index in [1.165, 1.54) is 6.20 Å². The molecule has 0 aliphatic heterocycles. The topological polar surface area (TPSA) is 66.3 Å². The van der Waals surface area contributed by atoms with Crippen molar-refractivity contribution in [3.8, 4) is 11.4 Å². The number of aromatic carboxylic acids is 1. The van der Waals surface area contributed by atoms with Gasteiger partial charge in [0, 0.05) is 25.9 Å². The number of carbonyl (C=O) groups is 1. The molecule has 0 aliphatic rings. The van der Waals surface area contributed by atoms with Gasteiger partial charge < -0.3 is 10.0 Å². The Bertz CT molecular complexity index is 607. The van der Waals surface area contributed by atoms with Gasteiger partial charge in [-0.2, -0.15) is 0 Å². The van der Waals surface area contributed by atoms with Gasteiger partial charge in [-0.1, -0.05) is 29.8 Å². The maximum absolute atomic E-state index is 11.1. The Morgan fingerprint density at radius 3 is 2.37 bits per heavy atom. The van der Waals surface area contributed by atoms with Gasteiger partial charge >= 0.3 is 5.97 Å². The summed E-state index contributed by atoms with van der Waals surface area (Å²) >= 11 is 0. The van der Waals surface area contributed by atoms with Crippen molar-refractivity contribution in [1.29, 1.82) is 0 Å². The van der Waals surface area contributed by atoms with Gasteiger partial charge in [0.25, 0.3) is 0 Å². The monoisotopic (exact) mass is 257 g/mol. The van der Waals surface area contributed by atoms with E-state index in [4.69, 9.17) is 5.11 Å². The number of carboxylic acids is 1. The highest BCUT2D eigenvalue weighted by molar-refractivity contribution is 5.93. The van der Waals surface area contributed by atoms with E-state index in [1.807, 2.05) is 31.2 Å². The lowest BCUT2D eigenvalue weighted by molar-refractivity contribution is 0.0697. The molecule has 1 heterocycles. The summed E-state index contributed by atoms with van der Waals surface area (Å²) < 4.78 is 0. The SMILES string of the molecule is Cc1ccc(-c2ncc(C(=O)O)c(N(C)C)n2)cc1. The van der Waals surface area contributed by atoms with Crippen LogP contribution >= 0.6 is 0 Å². The number of aromatic nitrogens is 2. The third-order valence-corrected chi connectivity index (χ3v) is 2.73. The molecule has 5 nitrogen and oxygen atoms in total. The molecule has 1 N–H and O–H groups in total. The number of hydrogen-bond donors (Lipinski definition) is 1. The van der Waals surface area contributed by atoms with Crippen molar-refractivity contribution in [2.24, 2.45) is 0 Å². The van der Waals surface area contributed by atoms with E-state index < -0.39 is 5.97 Å². The standard InChI is InChI=1S/C14H15N3O2/c1-9-4-6-10(7-5-9)12-15-8-11(14(18)19)13(16-12)17(2)3/h4-8H,1-3H3,(H,18,19). The fraction of sp³-hybridized carbons (Fsp3) is 0.214. The average Bonchev–Trinajstić information content (AvgIpc) is 2.38. The van der Waals surface area contributed by atoms with Gasteiger partial charge in [-0.15, -0.1) is 0 Å². The van der Waals surface area contributed by atoms with Gasteiger partial charge in [0.05, 0.1) is 0 Å². The van der Waals surface area contributed by atoms with Gasteiger partial charge in [-0.3, -0.25) is 0 Å². The molecule has 5 heteroatoms. The number of nitrogens with zero attached hydrogens (tertiary/aromatic N) is 3. The third kappa shape index (κ3) is 2.70. The average molecular weight is 257 g/mol. The van der Waals surface area contributed by atoms with Crippen molar-refractivity contribution in [2.75, 3.05) is 19.0 Å². The molecule has 0 amide bonds. The minimum atomic E-state index is -1.03. The molecule has 0 saturated heterocycles. The highest BCUT2D eigenvalue weighted by Gasteiger charge is 2.15. The quantitative estimate of drug-likeness (QED) is 0.913. The first-order valence-corrected chi connectivity index (χ1v) is 5.83. The van der Waals surface area contributed by atoms with E-state index in [-0.39, 0.29) is 5.56 Å². The van der Waals surface area contributed by atoms with Crippen molar-refractivity contribution in [1.82, 2.24) is 9.97 Å². The molecule has 0 unspecified atom stereocenters. The maximum Gasteiger partial charge on any atom is 0.341 e. The highest BCUT2D eigenvalue weighted by Crippen LogP contribution is 2.21. The van der Waals surface area contributed by atoms with Crippen molar-refractivity contribution in [3.63, 3.8) is 0 Å². The molecule has 0 radical (unpaired) electrons. The van der Waals surface area contributed by atoms with Gasteiger partial charge in [-0.25, -0.2) is 14.8 Å². The fourth-order valence-corrected chi connectivity index (χ4v) is 1.71. The molecule has 1 aromatic heterocycles. The van der Waals surface area contributed by atoms with Gasteiger partial charge in [0.1, 0.15) is 11.4 Å². The first kappa shape index (κ1) is 13.0. The van der Waals surface area contributed by atoms with Crippen LogP contribution in [0, 0.1) is 6.92 Å². The molecule has 0 fully saturated rings. The predicted octanol–water partition coefficient (Wildman–Crippen LogP) is 2.22. The third-order valence-electron chi connectivity index (χ3n) is 2.73. The lowest BCUT2D eigenvalue weighted by atomic mass is 10.1. The molecule has 19 heavy (non-hydrogen) atoms. The largest absolute Gasteiger partial charge is 0.477 e. The summed E-state index contributed by atoms with van der Waals surface area (Å²) in [4.78, 5) is 21.2. The Kier molecular flexibility index (Phi) is 3.46. The summed E-state index contributed by atoms with van der Waals surface area (Å²) in [5.41, 5.74) is 2.12. The summed E-state index contributed by atoms with van der Waals surface area (Å²) in [6, 6.07) is 7.79. The molecule has 0 atom stereocenters. The van der Waals surface area contributed by atoms with E-state index >= 15 is 0 Å². The number of hydrogen-bond acceptors (Lipinski definition) is 4. The molecule has 98 valence electrons. The first-order chi connectivity index (χ1) is 8.99. The van der Waals surface area contributed by atoms with Crippen LogP contribution in [0.4, 0.5) is 5.82 Å². The molecule has 0 bridgehead atoms. The zero-order chi connectivity index (χ0) is 14.0. The maximum atomic E-state index is 11.1. The van der Waals surface area contributed by atoms with Crippen LogP contribution in [0.2, 0.25) is 0 Å². The summed E-state index contributed by atoms with van der Waals surface area (Å²) in [5, 5.41) is 9.11. The molecule has 2 rings (SSSR count). The van der Waals surface area contributed by atoms with E-state index in [0.29, 0.717) is 11.6 Å². The van der Waals surface area contributed by atoms with E-state index in [9.17, 15) is 4.79 Å².